The van der Waals surface area contributed by atoms with Gasteiger partial charge < -0.3 is 42.6 Å². The summed E-state index contributed by atoms with van der Waals surface area (Å²) < 4.78 is 57.8. The highest BCUT2D eigenvalue weighted by atomic mass is 16.8. The molecule has 0 radical (unpaired) electrons. The lowest BCUT2D eigenvalue weighted by Gasteiger charge is -2.38. The van der Waals surface area contributed by atoms with Crippen LogP contribution in [0.3, 0.4) is 0 Å². The van der Waals surface area contributed by atoms with Gasteiger partial charge in [0.1, 0.15) is 24.4 Å². The lowest BCUT2D eigenvalue weighted by atomic mass is 9.89. The van der Waals surface area contributed by atoms with Crippen LogP contribution in [0.1, 0.15) is 50.8 Å². The van der Waals surface area contributed by atoms with Gasteiger partial charge in [-0.2, -0.15) is 0 Å². The number of fused-ring (bicyclic) bond motifs is 1. The van der Waals surface area contributed by atoms with Gasteiger partial charge in [-0.15, -0.1) is 0 Å². The fraction of sp³-hybridized carbons (Fsp3) is 0.500. The van der Waals surface area contributed by atoms with Crippen molar-refractivity contribution >= 4 is 0 Å². The summed E-state index contributed by atoms with van der Waals surface area (Å²) in [6, 6.07) is 30.5. The predicted octanol–water partition coefficient (Wildman–Crippen LogP) is 6.69. The van der Waals surface area contributed by atoms with Crippen LogP contribution in [0.4, 0.5) is 0 Å². The van der Waals surface area contributed by atoms with Gasteiger partial charge in [-0.1, -0.05) is 91.0 Å². The Kier molecular flexibility index (Phi) is 10.5. The largest absolute Gasteiger partial charge is 0.490 e. The first kappa shape index (κ1) is 34.3. The molecule has 3 aromatic carbocycles. The zero-order chi connectivity index (χ0) is 33.8. The highest BCUT2D eigenvalue weighted by Crippen LogP contribution is 2.46. The molecule has 5 unspecified atom stereocenters. The molecule has 8 atom stereocenters. The van der Waals surface area contributed by atoms with Crippen LogP contribution in [-0.2, 0) is 62.5 Å². The van der Waals surface area contributed by atoms with Crippen molar-refractivity contribution in [1.29, 1.82) is 0 Å². The van der Waals surface area contributed by atoms with E-state index >= 15 is 0 Å². The maximum absolute atomic E-state index is 6.83. The molecule has 4 aliphatic rings. The summed E-state index contributed by atoms with van der Waals surface area (Å²) in [6.07, 6.45) is -0.0971. The molecule has 0 spiro atoms. The number of allylic oxidation sites excluding steroid dienone is 1. The van der Waals surface area contributed by atoms with E-state index in [1.165, 1.54) is 0 Å². The monoisotopic (exact) mass is 672 g/mol. The Morgan fingerprint density at radius 3 is 1.90 bits per heavy atom. The van der Waals surface area contributed by atoms with Crippen LogP contribution in [0.5, 0.6) is 0 Å². The Morgan fingerprint density at radius 2 is 1.29 bits per heavy atom. The third kappa shape index (κ3) is 8.61. The van der Waals surface area contributed by atoms with Crippen LogP contribution in [0.25, 0.3) is 0 Å². The standard InChI is InChI=1S/C40H48O9/c1-39(2)44-26-34(47-39)35-31(36-38(46-35)49-40(3,4)48-36)20-30-21-32(42-23-28-16-10-6-11-17-28)37(43-24-29-18-12-7-13-19-29)33(45-30)25-41-22-27-14-8-5-9-15-27/h5-19,21,31-38H,20,22-26H2,1-4H3/t31?,32?,33?,34?,35-,36?,37-,38+/m0/s1. The molecule has 3 saturated heterocycles. The van der Waals surface area contributed by atoms with Crippen molar-refractivity contribution in [3.05, 3.63) is 120 Å². The molecule has 49 heavy (non-hydrogen) atoms. The molecule has 7 rings (SSSR count). The Bertz CT molecular complexity index is 1510. The third-order valence-corrected chi connectivity index (χ3v) is 9.36. The molecule has 0 saturated carbocycles. The van der Waals surface area contributed by atoms with Crippen LogP contribution in [-0.4, -0.2) is 67.7 Å². The Balaban J connectivity index is 1.16. The summed E-state index contributed by atoms with van der Waals surface area (Å²) in [5, 5.41) is 0. The van der Waals surface area contributed by atoms with E-state index < -0.39 is 36.2 Å². The van der Waals surface area contributed by atoms with Crippen LogP contribution in [0, 0.1) is 5.92 Å². The average molecular weight is 673 g/mol. The number of benzene rings is 3. The van der Waals surface area contributed by atoms with Gasteiger partial charge in [-0.3, -0.25) is 0 Å². The van der Waals surface area contributed by atoms with Crippen LogP contribution in [0.2, 0.25) is 0 Å². The minimum absolute atomic E-state index is 0.122. The molecule has 4 aliphatic heterocycles. The second-order valence-corrected chi connectivity index (χ2v) is 14.1. The van der Waals surface area contributed by atoms with E-state index in [1.54, 1.807) is 0 Å². The molecule has 9 heteroatoms. The Morgan fingerprint density at radius 1 is 0.673 bits per heavy atom. The van der Waals surface area contributed by atoms with Crippen molar-refractivity contribution in [2.45, 2.75) is 108 Å². The molecule has 0 aliphatic carbocycles. The molecule has 0 bridgehead atoms. The average Bonchev–Trinajstić information content (AvgIpc) is 3.72. The molecule has 0 N–H and O–H groups in total. The molecule has 3 fully saturated rings. The molecule has 4 heterocycles. The zero-order valence-corrected chi connectivity index (χ0v) is 28.8. The third-order valence-electron chi connectivity index (χ3n) is 9.36. The summed E-state index contributed by atoms with van der Waals surface area (Å²) in [7, 11) is 0. The molecule has 0 amide bonds. The summed E-state index contributed by atoms with van der Waals surface area (Å²) >= 11 is 0. The lowest BCUT2D eigenvalue weighted by Crippen LogP contribution is -2.48. The van der Waals surface area contributed by atoms with Crippen LogP contribution < -0.4 is 0 Å². The van der Waals surface area contributed by atoms with Crippen LogP contribution in [0.15, 0.2) is 103 Å². The highest BCUT2D eigenvalue weighted by molar-refractivity contribution is 5.17. The van der Waals surface area contributed by atoms with Crippen molar-refractivity contribution in [2.75, 3.05) is 13.2 Å². The fourth-order valence-electron chi connectivity index (χ4n) is 7.08. The normalized spacial score (nSPS) is 31.6. The van der Waals surface area contributed by atoms with E-state index in [2.05, 4.69) is 42.5 Å². The van der Waals surface area contributed by atoms with Crippen molar-refractivity contribution in [3.63, 3.8) is 0 Å². The van der Waals surface area contributed by atoms with E-state index in [0.29, 0.717) is 39.5 Å². The second kappa shape index (κ2) is 15.0. The number of hydrogen-bond donors (Lipinski definition) is 0. The van der Waals surface area contributed by atoms with E-state index in [0.717, 1.165) is 22.4 Å². The molecule has 0 aromatic heterocycles. The fourth-order valence-corrected chi connectivity index (χ4v) is 7.08. The first-order chi connectivity index (χ1) is 23.7. The van der Waals surface area contributed by atoms with E-state index in [1.807, 2.05) is 82.3 Å². The SMILES string of the molecule is CC1(C)OCC([C@H]2O[C@@H]3OC(C)(C)OC3C2CC2=CC(OCc3ccccc3)[C@H](OCc3ccccc3)C(COCc3ccccc3)O2)O1. The van der Waals surface area contributed by atoms with Gasteiger partial charge in [0.15, 0.2) is 24.0 Å². The van der Waals surface area contributed by atoms with Gasteiger partial charge in [-0.05, 0) is 50.5 Å². The predicted molar refractivity (Wildman–Crippen MR) is 181 cm³/mol. The second-order valence-electron chi connectivity index (χ2n) is 14.1. The van der Waals surface area contributed by atoms with Crippen molar-refractivity contribution in [1.82, 2.24) is 0 Å². The first-order valence-corrected chi connectivity index (χ1v) is 17.3. The number of ether oxygens (including phenoxy) is 9. The van der Waals surface area contributed by atoms with Crippen molar-refractivity contribution in [3.8, 4) is 0 Å². The topological polar surface area (TPSA) is 83.1 Å². The van der Waals surface area contributed by atoms with Crippen LogP contribution >= 0.6 is 0 Å². The molecule has 9 nitrogen and oxygen atoms in total. The Labute approximate surface area is 289 Å². The maximum atomic E-state index is 6.83. The van der Waals surface area contributed by atoms with Gasteiger partial charge in [0.25, 0.3) is 0 Å². The van der Waals surface area contributed by atoms with E-state index in [4.69, 9.17) is 42.6 Å². The first-order valence-electron chi connectivity index (χ1n) is 17.3. The molecule has 262 valence electrons. The number of hydrogen-bond acceptors (Lipinski definition) is 9. The van der Waals surface area contributed by atoms with Gasteiger partial charge in [-0.25, -0.2) is 0 Å². The van der Waals surface area contributed by atoms with Crippen molar-refractivity contribution in [2.24, 2.45) is 5.92 Å². The van der Waals surface area contributed by atoms with Crippen molar-refractivity contribution < 1.29 is 42.6 Å². The Hall–Kier alpha value is -3.12. The zero-order valence-electron chi connectivity index (χ0n) is 28.8. The minimum atomic E-state index is -0.766. The van der Waals surface area contributed by atoms with E-state index in [-0.39, 0.29) is 24.2 Å². The summed E-state index contributed by atoms with van der Waals surface area (Å²) in [5.41, 5.74) is 3.24. The highest BCUT2D eigenvalue weighted by Gasteiger charge is 2.58. The van der Waals surface area contributed by atoms with Gasteiger partial charge in [0.2, 0.25) is 0 Å². The smallest absolute Gasteiger partial charge is 0.187 e. The summed E-state index contributed by atoms with van der Waals surface area (Å²) in [4.78, 5) is 0. The molecular formula is C40H48O9. The van der Waals surface area contributed by atoms with Gasteiger partial charge in [0, 0.05) is 12.3 Å². The van der Waals surface area contributed by atoms with Gasteiger partial charge >= 0.3 is 0 Å². The van der Waals surface area contributed by atoms with E-state index in [9.17, 15) is 0 Å². The molecule has 3 aromatic rings. The minimum Gasteiger partial charge on any atom is -0.490 e. The number of rotatable bonds is 13. The summed E-state index contributed by atoms with van der Waals surface area (Å²) in [6.45, 7) is 9.70. The summed E-state index contributed by atoms with van der Waals surface area (Å²) in [5.74, 6) is -0.809. The maximum Gasteiger partial charge on any atom is 0.187 e. The lowest BCUT2D eigenvalue weighted by molar-refractivity contribution is -0.227. The molecular weight excluding hydrogens is 624 g/mol. The quantitative estimate of drug-likeness (QED) is 0.197. The van der Waals surface area contributed by atoms with Gasteiger partial charge in [0.05, 0.1) is 44.9 Å².